The molecule has 2 rings (SSSR count). The minimum absolute atomic E-state index is 0.0659. The van der Waals surface area contributed by atoms with Crippen LogP contribution in [0.15, 0.2) is 30.3 Å². The lowest BCUT2D eigenvalue weighted by Gasteiger charge is -2.12. The first-order valence-electron chi connectivity index (χ1n) is 4.52. The number of nitrogens with one attached hydrogen (secondary N) is 1. The zero-order chi connectivity index (χ0) is 11.1. The molecule has 3 nitrogen and oxygen atoms in total. The number of hydrogen-bond acceptors (Lipinski definition) is 1. The molecule has 0 aliphatic rings. The van der Waals surface area contributed by atoms with Crippen LogP contribution in [-0.4, -0.2) is 16.1 Å². The van der Waals surface area contributed by atoms with Gasteiger partial charge in [0.05, 0.1) is 5.69 Å². The Morgan fingerprint density at radius 2 is 2.13 bits per heavy atom. The number of fused-ring (bicyclic) bond motifs is 1. The highest BCUT2D eigenvalue weighted by Gasteiger charge is 2.36. The summed E-state index contributed by atoms with van der Waals surface area (Å²) in [4.78, 5) is 13.5. The zero-order valence-electron chi connectivity index (χ0n) is 8.12. The van der Waals surface area contributed by atoms with Crippen molar-refractivity contribution in [2.45, 2.75) is 12.6 Å². The van der Waals surface area contributed by atoms with Gasteiger partial charge in [0.2, 0.25) is 5.67 Å². The maximum atomic E-state index is 13.8. The number of H-pyrrole nitrogens is 1. The van der Waals surface area contributed by atoms with Gasteiger partial charge in [-0.2, -0.15) is 0 Å². The summed E-state index contributed by atoms with van der Waals surface area (Å²) in [6.07, 6.45) is 0. The Kier molecular flexibility index (Phi) is 2.00. The predicted octanol–water partition coefficient (Wildman–Crippen LogP) is 2.44. The molecule has 0 bridgehead atoms. The van der Waals surface area contributed by atoms with E-state index in [0.29, 0.717) is 0 Å². The van der Waals surface area contributed by atoms with Crippen molar-refractivity contribution < 1.29 is 14.3 Å². The van der Waals surface area contributed by atoms with Crippen LogP contribution >= 0.6 is 0 Å². The number of rotatable bonds is 2. The smallest absolute Gasteiger partial charge is 0.347 e. The van der Waals surface area contributed by atoms with E-state index in [-0.39, 0.29) is 5.69 Å². The van der Waals surface area contributed by atoms with Crippen LogP contribution in [0.1, 0.15) is 12.6 Å². The lowest BCUT2D eigenvalue weighted by molar-refractivity contribution is -0.150. The summed E-state index contributed by atoms with van der Waals surface area (Å²) in [5.41, 5.74) is -1.58. The van der Waals surface area contributed by atoms with Crippen LogP contribution in [-0.2, 0) is 10.5 Å². The number of aliphatic carboxylic acids is 1. The fourth-order valence-electron chi connectivity index (χ4n) is 1.44. The Morgan fingerprint density at radius 1 is 1.47 bits per heavy atom. The molecule has 2 N–H and O–H groups in total. The molecule has 15 heavy (non-hydrogen) atoms. The van der Waals surface area contributed by atoms with E-state index in [9.17, 15) is 9.18 Å². The first kappa shape index (κ1) is 9.71. The van der Waals surface area contributed by atoms with Gasteiger partial charge in [0.25, 0.3) is 0 Å². The Morgan fingerprint density at radius 3 is 2.73 bits per heavy atom. The van der Waals surface area contributed by atoms with Gasteiger partial charge in [-0.3, -0.25) is 0 Å². The fourth-order valence-corrected chi connectivity index (χ4v) is 1.44. The molecular formula is C11H10FNO2. The average Bonchev–Trinajstić information content (AvgIpc) is 2.61. The number of benzene rings is 1. The molecule has 0 fully saturated rings. The number of carbonyl (C=O) groups is 1. The lowest BCUT2D eigenvalue weighted by atomic mass is 10.1. The number of carboxylic acids is 1. The normalized spacial score (nSPS) is 15.1. The third-order valence-electron chi connectivity index (χ3n) is 2.44. The van der Waals surface area contributed by atoms with Crippen LogP contribution in [0.4, 0.5) is 4.39 Å². The van der Waals surface area contributed by atoms with E-state index < -0.39 is 11.6 Å². The van der Waals surface area contributed by atoms with Gasteiger partial charge in [0.15, 0.2) is 0 Å². The number of aromatic amines is 1. The van der Waals surface area contributed by atoms with Crippen LogP contribution in [0.2, 0.25) is 0 Å². The van der Waals surface area contributed by atoms with Crippen molar-refractivity contribution in [1.29, 1.82) is 0 Å². The number of halogens is 1. The highest BCUT2D eigenvalue weighted by atomic mass is 19.1. The van der Waals surface area contributed by atoms with Crippen molar-refractivity contribution in [3.8, 4) is 0 Å². The quantitative estimate of drug-likeness (QED) is 0.794. The molecule has 0 aliphatic heterocycles. The Hall–Kier alpha value is -1.84. The minimum Gasteiger partial charge on any atom is -0.479 e. The molecule has 4 heteroatoms. The van der Waals surface area contributed by atoms with Gasteiger partial charge in [-0.1, -0.05) is 18.2 Å². The average molecular weight is 207 g/mol. The second-order valence-corrected chi connectivity index (χ2v) is 3.58. The molecule has 78 valence electrons. The van der Waals surface area contributed by atoms with Crippen molar-refractivity contribution in [3.63, 3.8) is 0 Å². The number of carboxylic acid groups (broad SMARTS) is 1. The lowest BCUT2D eigenvalue weighted by Crippen LogP contribution is -2.27. The van der Waals surface area contributed by atoms with Crippen LogP contribution in [0.25, 0.3) is 10.9 Å². The highest BCUT2D eigenvalue weighted by Crippen LogP contribution is 2.28. The van der Waals surface area contributed by atoms with Gasteiger partial charge >= 0.3 is 5.97 Å². The molecule has 0 aliphatic carbocycles. The van der Waals surface area contributed by atoms with Gasteiger partial charge < -0.3 is 10.1 Å². The monoisotopic (exact) mass is 207 g/mol. The van der Waals surface area contributed by atoms with Crippen LogP contribution in [0.5, 0.6) is 0 Å². The molecule has 1 aromatic carbocycles. The maximum Gasteiger partial charge on any atom is 0.347 e. The summed E-state index contributed by atoms with van der Waals surface area (Å²) >= 11 is 0. The standard InChI is InChI=1S/C11H10FNO2/c1-11(12,10(14)15)9-6-7-4-2-3-5-8(7)13-9/h2-6,13H,1H3,(H,14,15). The van der Waals surface area contributed by atoms with Gasteiger partial charge in [-0.05, 0) is 24.4 Å². The first-order valence-corrected chi connectivity index (χ1v) is 4.52. The molecule has 1 atom stereocenters. The topological polar surface area (TPSA) is 53.1 Å². The van der Waals surface area contributed by atoms with Gasteiger partial charge in [-0.25, -0.2) is 9.18 Å². The molecule has 0 spiro atoms. The molecule has 0 radical (unpaired) electrons. The summed E-state index contributed by atoms with van der Waals surface area (Å²) in [6.45, 7) is 1.03. The van der Waals surface area contributed by atoms with Crippen LogP contribution in [0, 0.1) is 0 Å². The Bertz CT molecular complexity index is 483. The van der Waals surface area contributed by atoms with Crippen LogP contribution < -0.4 is 0 Å². The molecule has 1 heterocycles. The highest BCUT2D eigenvalue weighted by molar-refractivity contribution is 5.85. The van der Waals surface area contributed by atoms with E-state index in [1.54, 1.807) is 18.2 Å². The zero-order valence-corrected chi connectivity index (χ0v) is 8.12. The summed E-state index contributed by atoms with van der Waals surface area (Å²) < 4.78 is 13.8. The third-order valence-corrected chi connectivity index (χ3v) is 2.44. The largest absolute Gasteiger partial charge is 0.479 e. The van der Waals surface area contributed by atoms with Crippen molar-refractivity contribution in [2.24, 2.45) is 0 Å². The third kappa shape index (κ3) is 1.48. The maximum absolute atomic E-state index is 13.8. The minimum atomic E-state index is -2.38. The van der Waals surface area contributed by atoms with Gasteiger partial charge in [-0.15, -0.1) is 0 Å². The van der Waals surface area contributed by atoms with E-state index in [1.807, 2.05) is 6.07 Å². The van der Waals surface area contributed by atoms with Crippen molar-refractivity contribution in [2.75, 3.05) is 0 Å². The predicted molar refractivity (Wildman–Crippen MR) is 54.4 cm³/mol. The summed E-state index contributed by atoms with van der Waals surface area (Å²) in [7, 11) is 0. The number of alkyl halides is 1. The molecule has 1 aromatic heterocycles. The summed E-state index contributed by atoms with van der Waals surface area (Å²) in [5, 5.41) is 9.53. The van der Waals surface area contributed by atoms with Crippen molar-refractivity contribution in [3.05, 3.63) is 36.0 Å². The Balaban J connectivity index is 2.58. The number of para-hydroxylation sites is 1. The number of aromatic nitrogens is 1. The number of hydrogen-bond donors (Lipinski definition) is 2. The molecule has 2 aromatic rings. The van der Waals surface area contributed by atoms with Gasteiger partial charge in [0, 0.05) is 5.52 Å². The van der Waals surface area contributed by atoms with E-state index >= 15 is 0 Å². The fraction of sp³-hybridized carbons (Fsp3) is 0.182. The molecule has 1 unspecified atom stereocenters. The summed E-state index contributed by atoms with van der Waals surface area (Å²) in [6, 6.07) is 8.71. The van der Waals surface area contributed by atoms with E-state index in [2.05, 4.69) is 4.98 Å². The first-order chi connectivity index (χ1) is 7.01. The van der Waals surface area contributed by atoms with E-state index in [0.717, 1.165) is 17.8 Å². The van der Waals surface area contributed by atoms with E-state index in [4.69, 9.17) is 5.11 Å². The van der Waals surface area contributed by atoms with Crippen molar-refractivity contribution >= 4 is 16.9 Å². The Labute approximate surface area is 85.5 Å². The van der Waals surface area contributed by atoms with Gasteiger partial charge in [0.1, 0.15) is 0 Å². The molecule has 0 amide bonds. The van der Waals surface area contributed by atoms with Crippen LogP contribution in [0.3, 0.4) is 0 Å². The second kappa shape index (κ2) is 3.08. The van der Waals surface area contributed by atoms with Crippen molar-refractivity contribution in [1.82, 2.24) is 4.98 Å². The second-order valence-electron chi connectivity index (χ2n) is 3.58. The molecule has 0 saturated carbocycles. The molecular weight excluding hydrogens is 197 g/mol. The SMILES string of the molecule is CC(F)(C(=O)O)c1cc2ccccc2[nH]1. The van der Waals surface area contributed by atoms with E-state index in [1.165, 1.54) is 6.07 Å². The molecule has 0 saturated heterocycles. The summed E-state index contributed by atoms with van der Waals surface area (Å²) in [5.74, 6) is -1.49.